The second-order valence-electron chi connectivity index (χ2n) is 6.78. The van der Waals surface area contributed by atoms with E-state index in [1.807, 2.05) is 0 Å². The summed E-state index contributed by atoms with van der Waals surface area (Å²) in [6.45, 7) is 5.61. The Morgan fingerprint density at radius 3 is 2.30 bits per heavy atom. The van der Waals surface area contributed by atoms with Gasteiger partial charge in [-0.3, -0.25) is 14.9 Å². The molecule has 0 saturated carbocycles. The quantitative estimate of drug-likeness (QED) is 0.612. The van der Waals surface area contributed by atoms with Crippen molar-refractivity contribution in [2.24, 2.45) is 0 Å². The molecule has 8 nitrogen and oxygen atoms in total. The fourth-order valence-electron chi connectivity index (χ4n) is 2.22. The van der Waals surface area contributed by atoms with Crippen LogP contribution in [0.2, 0.25) is 0 Å². The van der Waals surface area contributed by atoms with Crippen molar-refractivity contribution >= 4 is 23.4 Å². The van der Waals surface area contributed by atoms with Crippen molar-refractivity contribution in [3.05, 3.63) is 69.8 Å². The molecule has 0 bridgehead atoms. The van der Waals surface area contributed by atoms with E-state index in [0.717, 1.165) is 5.56 Å². The van der Waals surface area contributed by atoms with E-state index in [1.54, 1.807) is 51.1 Å². The normalized spacial score (nSPS) is 10.8. The highest BCUT2D eigenvalue weighted by Gasteiger charge is 2.19. The predicted octanol–water partition coefficient (Wildman–Crippen LogP) is 3.87. The van der Waals surface area contributed by atoms with Gasteiger partial charge in [-0.25, -0.2) is 4.79 Å². The SMILES string of the molecule is CC(C)(C)OC(=O)NCc1ccc(NC(=O)c2ccccc2[N+](=O)[O-])cc1. The molecule has 0 fully saturated rings. The van der Waals surface area contributed by atoms with Gasteiger partial charge in [-0.05, 0) is 44.5 Å². The fraction of sp³-hybridized carbons (Fsp3) is 0.263. The number of nitro benzene ring substituents is 1. The number of nitrogens with one attached hydrogen (secondary N) is 2. The molecule has 2 aromatic carbocycles. The van der Waals surface area contributed by atoms with E-state index in [2.05, 4.69) is 10.6 Å². The smallest absolute Gasteiger partial charge is 0.407 e. The average molecular weight is 371 g/mol. The standard InChI is InChI=1S/C19H21N3O5/c1-19(2,3)27-18(24)20-12-13-8-10-14(11-9-13)21-17(23)15-6-4-5-7-16(15)22(25)26/h4-11H,12H2,1-3H3,(H,20,24)(H,21,23). The van der Waals surface area contributed by atoms with Gasteiger partial charge in [-0.1, -0.05) is 24.3 Å². The molecule has 0 aliphatic rings. The van der Waals surface area contributed by atoms with Crippen LogP contribution in [-0.2, 0) is 11.3 Å². The molecule has 0 aromatic heterocycles. The van der Waals surface area contributed by atoms with Crippen LogP contribution in [0.25, 0.3) is 0 Å². The van der Waals surface area contributed by atoms with Gasteiger partial charge in [-0.2, -0.15) is 0 Å². The van der Waals surface area contributed by atoms with Gasteiger partial charge < -0.3 is 15.4 Å². The summed E-state index contributed by atoms with van der Waals surface area (Å²) >= 11 is 0. The summed E-state index contributed by atoms with van der Waals surface area (Å²) in [5, 5.41) is 16.3. The first-order chi connectivity index (χ1) is 12.7. The molecule has 8 heteroatoms. The first kappa shape index (κ1) is 19.9. The summed E-state index contributed by atoms with van der Waals surface area (Å²) in [4.78, 5) is 34.3. The van der Waals surface area contributed by atoms with Gasteiger partial charge in [0.25, 0.3) is 11.6 Å². The van der Waals surface area contributed by atoms with Crippen molar-refractivity contribution in [2.75, 3.05) is 5.32 Å². The van der Waals surface area contributed by atoms with E-state index in [0.29, 0.717) is 5.69 Å². The van der Waals surface area contributed by atoms with Crippen LogP contribution in [0.15, 0.2) is 48.5 Å². The predicted molar refractivity (Wildman–Crippen MR) is 101 cm³/mol. The number of hydrogen-bond donors (Lipinski definition) is 2. The number of rotatable bonds is 5. The van der Waals surface area contributed by atoms with Gasteiger partial charge >= 0.3 is 6.09 Å². The summed E-state index contributed by atoms with van der Waals surface area (Å²) in [5.74, 6) is -0.568. The van der Waals surface area contributed by atoms with Gasteiger partial charge in [0.2, 0.25) is 0 Å². The molecular formula is C19H21N3O5. The Morgan fingerprint density at radius 2 is 1.70 bits per heavy atom. The average Bonchev–Trinajstić information content (AvgIpc) is 2.59. The summed E-state index contributed by atoms with van der Waals surface area (Å²) in [7, 11) is 0. The van der Waals surface area contributed by atoms with Crippen LogP contribution in [0.5, 0.6) is 0 Å². The van der Waals surface area contributed by atoms with Crippen molar-refractivity contribution in [1.29, 1.82) is 0 Å². The van der Waals surface area contributed by atoms with Gasteiger partial charge in [0.1, 0.15) is 11.2 Å². The third kappa shape index (κ3) is 6.10. The first-order valence-electron chi connectivity index (χ1n) is 8.26. The van der Waals surface area contributed by atoms with Crippen LogP contribution in [-0.4, -0.2) is 22.5 Å². The maximum atomic E-state index is 12.3. The Bertz CT molecular complexity index is 841. The number of hydrogen-bond acceptors (Lipinski definition) is 5. The highest BCUT2D eigenvalue weighted by molar-refractivity contribution is 6.07. The van der Waals surface area contributed by atoms with Crippen LogP contribution < -0.4 is 10.6 Å². The Balaban J connectivity index is 1.97. The van der Waals surface area contributed by atoms with Crippen LogP contribution in [0.4, 0.5) is 16.2 Å². The number of carbonyl (C=O) groups excluding carboxylic acids is 2. The third-order valence-electron chi connectivity index (χ3n) is 3.39. The zero-order valence-electron chi connectivity index (χ0n) is 15.3. The molecule has 2 aromatic rings. The second-order valence-corrected chi connectivity index (χ2v) is 6.78. The molecule has 2 rings (SSSR count). The van der Waals surface area contributed by atoms with Crippen molar-refractivity contribution in [2.45, 2.75) is 32.9 Å². The van der Waals surface area contributed by atoms with E-state index in [9.17, 15) is 19.7 Å². The Kier molecular flexibility index (Phi) is 6.12. The lowest BCUT2D eigenvalue weighted by Crippen LogP contribution is -2.32. The molecule has 0 atom stereocenters. The lowest BCUT2D eigenvalue weighted by atomic mass is 10.1. The molecule has 0 aliphatic heterocycles. The number of carbonyl (C=O) groups is 2. The maximum absolute atomic E-state index is 12.3. The minimum Gasteiger partial charge on any atom is -0.444 e. The van der Waals surface area contributed by atoms with Gasteiger partial charge in [0.05, 0.1) is 4.92 Å². The summed E-state index contributed by atoms with van der Waals surface area (Å²) in [5.41, 5.74) is 0.452. The molecule has 0 saturated heterocycles. The molecule has 0 heterocycles. The minimum absolute atomic E-state index is 0.0156. The van der Waals surface area contributed by atoms with Crippen molar-refractivity contribution < 1.29 is 19.2 Å². The maximum Gasteiger partial charge on any atom is 0.407 e. The van der Waals surface area contributed by atoms with Crippen molar-refractivity contribution in [1.82, 2.24) is 5.32 Å². The molecule has 2 N–H and O–H groups in total. The van der Waals surface area contributed by atoms with Gasteiger partial charge in [0, 0.05) is 18.3 Å². The van der Waals surface area contributed by atoms with Gasteiger partial charge in [0.15, 0.2) is 0 Å². The van der Waals surface area contributed by atoms with Crippen LogP contribution >= 0.6 is 0 Å². The van der Waals surface area contributed by atoms with E-state index < -0.39 is 22.5 Å². The lowest BCUT2D eigenvalue weighted by Gasteiger charge is -2.19. The zero-order valence-corrected chi connectivity index (χ0v) is 15.3. The van der Waals surface area contributed by atoms with E-state index >= 15 is 0 Å². The number of amides is 2. The van der Waals surface area contributed by atoms with E-state index in [1.165, 1.54) is 18.2 Å². The Labute approximate surface area is 156 Å². The number of nitro groups is 1. The number of ether oxygens (including phenoxy) is 1. The molecule has 0 unspecified atom stereocenters. The highest BCUT2D eigenvalue weighted by atomic mass is 16.6. The monoisotopic (exact) mass is 371 g/mol. The molecule has 0 radical (unpaired) electrons. The third-order valence-corrected chi connectivity index (χ3v) is 3.39. The summed E-state index contributed by atoms with van der Waals surface area (Å²) < 4.78 is 5.15. The van der Waals surface area contributed by atoms with Crippen molar-refractivity contribution in [3.8, 4) is 0 Å². The highest BCUT2D eigenvalue weighted by Crippen LogP contribution is 2.19. The Hall–Kier alpha value is -3.42. The molecule has 27 heavy (non-hydrogen) atoms. The number of anilines is 1. The van der Waals surface area contributed by atoms with Crippen LogP contribution in [0.1, 0.15) is 36.7 Å². The molecule has 2 amide bonds. The van der Waals surface area contributed by atoms with Gasteiger partial charge in [-0.15, -0.1) is 0 Å². The lowest BCUT2D eigenvalue weighted by molar-refractivity contribution is -0.385. The molecule has 0 spiro atoms. The number of para-hydroxylation sites is 1. The van der Waals surface area contributed by atoms with E-state index in [4.69, 9.17) is 4.74 Å². The topological polar surface area (TPSA) is 111 Å². The second kappa shape index (κ2) is 8.31. The van der Waals surface area contributed by atoms with Crippen LogP contribution in [0.3, 0.4) is 0 Å². The molecule has 142 valence electrons. The zero-order chi connectivity index (χ0) is 20.0. The first-order valence-corrected chi connectivity index (χ1v) is 8.26. The summed E-state index contributed by atoms with van der Waals surface area (Å²) in [6.07, 6.45) is -0.517. The van der Waals surface area contributed by atoms with Crippen LogP contribution in [0, 0.1) is 10.1 Å². The number of alkyl carbamates (subject to hydrolysis) is 1. The number of benzene rings is 2. The largest absolute Gasteiger partial charge is 0.444 e. The van der Waals surface area contributed by atoms with E-state index in [-0.39, 0.29) is 17.8 Å². The fourth-order valence-corrected chi connectivity index (χ4v) is 2.22. The number of nitrogens with zero attached hydrogens (tertiary/aromatic N) is 1. The Morgan fingerprint density at radius 1 is 1.07 bits per heavy atom. The molecular weight excluding hydrogens is 350 g/mol. The summed E-state index contributed by atoms with van der Waals surface area (Å²) in [6, 6.07) is 12.5. The minimum atomic E-state index is -0.597. The molecule has 0 aliphatic carbocycles. The van der Waals surface area contributed by atoms with Crippen molar-refractivity contribution in [3.63, 3.8) is 0 Å².